The Labute approximate surface area is 90.8 Å². The summed E-state index contributed by atoms with van der Waals surface area (Å²) in [6.45, 7) is 1.13. The monoisotopic (exact) mass is 257 g/mol. The molecule has 1 saturated carbocycles. The summed E-state index contributed by atoms with van der Waals surface area (Å²) in [6.07, 6.45) is 4.28. The van der Waals surface area contributed by atoms with Crippen molar-refractivity contribution >= 4 is 15.9 Å². The second kappa shape index (κ2) is 4.28. The summed E-state index contributed by atoms with van der Waals surface area (Å²) >= 11 is 3.19. The van der Waals surface area contributed by atoms with Crippen LogP contribution in [0.4, 0.5) is 0 Å². The van der Waals surface area contributed by atoms with Gasteiger partial charge in [0.25, 0.3) is 5.56 Å². The standard InChI is InChI=1S/C10H12BrNO2/c11-9-2-1-5-12(10(9)13)7-14-6-8-3-4-8/h1-2,5,8H,3-4,6-7H2. The van der Waals surface area contributed by atoms with Gasteiger partial charge in [-0.05, 0) is 46.8 Å². The molecule has 0 bridgehead atoms. The summed E-state index contributed by atoms with van der Waals surface area (Å²) in [6, 6.07) is 3.56. The third-order valence-electron chi connectivity index (χ3n) is 2.25. The Morgan fingerprint density at radius 3 is 3.07 bits per heavy atom. The fraction of sp³-hybridized carbons (Fsp3) is 0.500. The van der Waals surface area contributed by atoms with Crippen LogP contribution in [0, 0.1) is 5.92 Å². The van der Waals surface area contributed by atoms with Crippen molar-refractivity contribution in [3.63, 3.8) is 0 Å². The van der Waals surface area contributed by atoms with E-state index in [0.717, 1.165) is 12.5 Å². The van der Waals surface area contributed by atoms with Crippen LogP contribution in [0.1, 0.15) is 12.8 Å². The number of hydrogen-bond acceptors (Lipinski definition) is 2. The minimum absolute atomic E-state index is 0.0386. The summed E-state index contributed by atoms with van der Waals surface area (Å²) in [7, 11) is 0. The largest absolute Gasteiger partial charge is 0.360 e. The van der Waals surface area contributed by atoms with Crippen molar-refractivity contribution in [2.45, 2.75) is 19.6 Å². The fourth-order valence-corrected chi connectivity index (χ4v) is 1.59. The maximum Gasteiger partial charge on any atom is 0.266 e. The van der Waals surface area contributed by atoms with E-state index in [1.54, 1.807) is 16.8 Å². The van der Waals surface area contributed by atoms with E-state index in [2.05, 4.69) is 15.9 Å². The zero-order chi connectivity index (χ0) is 9.97. The predicted molar refractivity (Wildman–Crippen MR) is 57.1 cm³/mol. The van der Waals surface area contributed by atoms with E-state index >= 15 is 0 Å². The lowest BCUT2D eigenvalue weighted by Gasteiger charge is -2.06. The third-order valence-corrected chi connectivity index (χ3v) is 2.86. The van der Waals surface area contributed by atoms with Gasteiger partial charge in [-0.3, -0.25) is 9.36 Å². The topological polar surface area (TPSA) is 31.2 Å². The van der Waals surface area contributed by atoms with E-state index < -0.39 is 0 Å². The SMILES string of the molecule is O=c1c(Br)cccn1COCC1CC1. The van der Waals surface area contributed by atoms with Crippen LogP contribution in [0.25, 0.3) is 0 Å². The van der Waals surface area contributed by atoms with Gasteiger partial charge in [0.15, 0.2) is 0 Å². The molecule has 1 aromatic rings. The maximum atomic E-state index is 11.5. The molecule has 0 spiro atoms. The minimum atomic E-state index is -0.0386. The lowest BCUT2D eigenvalue weighted by molar-refractivity contribution is 0.0666. The summed E-state index contributed by atoms with van der Waals surface area (Å²) < 4.78 is 7.56. The molecule has 0 atom stereocenters. The van der Waals surface area contributed by atoms with E-state index in [1.165, 1.54) is 12.8 Å². The Morgan fingerprint density at radius 2 is 2.36 bits per heavy atom. The molecule has 1 heterocycles. The quantitative estimate of drug-likeness (QED) is 0.827. The lowest BCUT2D eigenvalue weighted by Crippen LogP contribution is -2.21. The Kier molecular flexibility index (Phi) is 3.03. The van der Waals surface area contributed by atoms with Crippen LogP contribution in [-0.4, -0.2) is 11.2 Å². The van der Waals surface area contributed by atoms with Crippen molar-refractivity contribution in [3.8, 4) is 0 Å². The van der Waals surface area contributed by atoms with Crippen molar-refractivity contribution in [2.24, 2.45) is 5.92 Å². The fourth-order valence-electron chi connectivity index (χ4n) is 1.21. The first-order valence-electron chi connectivity index (χ1n) is 4.70. The van der Waals surface area contributed by atoms with Gasteiger partial charge in [-0.1, -0.05) is 0 Å². The smallest absolute Gasteiger partial charge is 0.266 e. The molecule has 0 unspecified atom stereocenters. The zero-order valence-electron chi connectivity index (χ0n) is 7.78. The Bertz CT molecular complexity index is 371. The minimum Gasteiger partial charge on any atom is -0.360 e. The summed E-state index contributed by atoms with van der Waals surface area (Å²) in [5, 5.41) is 0. The van der Waals surface area contributed by atoms with E-state index in [4.69, 9.17) is 4.74 Å². The summed E-state index contributed by atoms with van der Waals surface area (Å²) in [5.41, 5.74) is -0.0386. The molecule has 0 saturated heterocycles. The van der Waals surface area contributed by atoms with E-state index in [9.17, 15) is 4.79 Å². The number of nitrogens with zero attached hydrogens (tertiary/aromatic N) is 1. The maximum absolute atomic E-state index is 11.5. The van der Waals surface area contributed by atoms with Crippen molar-refractivity contribution in [1.29, 1.82) is 0 Å². The molecule has 1 aromatic heterocycles. The highest BCUT2D eigenvalue weighted by Crippen LogP contribution is 2.28. The molecular weight excluding hydrogens is 246 g/mol. The molecule has 1 aliphatic carbocycles. The van der Waals surface area contributed by atoms with Gasteiger partial charge in [-0.15, -0.1) is 0 Å². The highest BCUT2D eigenvalue weighted by atomic mass is 79.9. The number of pyridine rings is 1. The number of rotatable bonds is 4. The van der Waals surface area contributed by atoms with Crippen LogP contribution in [0.3, 0.4) is 0 Å². The Morgan fingerprint density at radius 1 is 1.57 bits per heavy atom. The molecule has 76 valence electrons. The molecule has 4 heteroatoms. The highest BCUT2D eigenvalue weighted by Gasteiger charge is 2.21. The molecule has 1 aliphatic rings. The van der Waals surface area contributed by atoms with Gasteiger partial charge in [0, 0.05) is 6.20 Å². The van der Waals surface area contributed by atoms with Crippen LogP contribution < -0.4 is 5.56 Å². The molecule has 1 fully saturated rings. The van der Waals surface area contributed by atoms with Gasteiger partial charge in [-0.2, -0.15) is 0 Å². The van der Waals surface area contributed by atoms with Crippen LogP contribution in [-0.2, 0) is 11.5 Å². The van der Waals surface area contributed by atoms with Crippen molar-refractivity contribution < 1.29 is 4.74 Å². The third kappa shape index (κ3) is 2.45. The lowest BCUT2D eigenvalue weighted by atomic mass is 10.5. The molecule has 0 amide bonds. The second-order valence-electron chi connectivity index (χ2n) is 3.57. The van der Waals surface area contributed by atoms with Crippen molar-refractivity contribution in [1.82, 2.24) is 4.57 Å². The molecular formula is C10H12BrNO2. The molecule has 0 aliphatic heterocycles. The van der Waals surface area contributed by atoms with Crippen LogP contribution >= 0.6 is 15.9 Å². The van der Waals surface area contributed by atoms with E-state index in [0.29, 0.717) is 11.2 Å². The van der Waals surface area contributed by atoms with Crippen molar-refractivity contribution in [3.05, 3.63) is 33.2 Å². The summed E-state index contributed by atoms with van der Waals surface area (Å²) in [5.74, 6) is 0.734. The summed E-state index contributed by atoms with van der Waals surface area (Å²) in [4.78, 5) is 11.5. The molecule has 14 heavy (non-hydrogen) atoms. The van der Waals surface area contributed by atoms with Gasteiger partial charge in [-0.25, -0.2) is 0 Å². The van der Waals surface area contributed by atoms with Crippen LogP contribution in [0.15, 0.2) is 27.6 Å². The molecule has 0 radical (unpaired) electrons. The van der Waals surface area contributed by atoms with Crippen LogP contribution in [0.2, 0.25) is 0 Å². The van der Waals surface area contributed by atoms with Gasteiger partial charge >= 0.3 is 0 Å². The first-order chi connectivity index (χ1) is 6.77. The number of hydrogen-bond donors (Lipinski definition) is 0. The normalized spacial score (nSPS) is 15.8. The van der Waals surface area contributed by atoms with Gasteiger partial charge in [0.1, 0.15) is 6.73 Å². The number of halogens is 1. The molecule has 0 N–H and O–H groups in total. The molecule has 2 rings (SSSR count). The van der Waals surface area contributed by atoms with Crippen molar-refractivity contribution in [2.75, 3.05) is 6.61 Å². The first kappa shape index (κ1) is 9.93. The van der Waals surface area contributed by atoms with Crippen LogP contribution in [0.5, 0.6) is 0 Å². The average molecular weight is 258 g/mol. The van der Waals surface area contributed by atoms with Gasteiger partial charge in [0.2, 0.25) is 0 Å². The average Bonchev–Trinajstić information content (AvgIpc) is 2.96. The predicted octanol–water partition coefficient (Wildman–Crippen LogP) is 1.99. The Hall–Kier alpha value is -0.610. The second-order valence-corrected chi connectivity index (χ2v) is 4.43. The van der Waals surface area contributed by atoms with E-state index in [-0.39, 0.29) is 5.56 Å². The Balaban J connectivity index is 1.94. The first-order valence-corrected chi connectivity index (χ1v) is 5.49. The van der Waals surface area contributed by atoms with Gasteiger partial charge in [0.05, 0.1) is 11.1 Å². The van der Waals surface area contributed by atoms with E-state index in [1.807, 2.05) is 6.07 Å². The van der Waals surface area contributed by atoms with Gasteiger partial charge < -0.3 is 4.74 Å². The number of aromatic nitrogens is 1. The highest BCUT2D eigenvalue weighted by molar-refractivity contribution is 9.10. The molecule has 0 aromatic carbocycles. The number of ether oxygens (including phenoxy) is 1. The zero-order valence-corrected chi connectivity index (χ0v) is 9.37. The molecule has 3 nitrogen and oxygen atoms in total.